The zero-order valence-corrected chi connectivity index (χ0v) is 14.9. The highest BCUT2D eigenvalue weighted by atomic mass is 16.5. The first-order chi connectivity index (χ1) is 12.3. The van der Waals surface area contributed by atoms with Gasteiger partial charge in [0, 0.05) is 50.7 Å². The third-order valence-corrected chi connectivity index (χ3v) is 4.43. The van der Waals surface area contributed by atoms with Crippen molar-refractivity contribution in [3.8, 4) is 17.2 Å². The lowest BCUT2D eigenvalue weighted by Crippen LogP contribution is -2.46. The van der Waals surface area contributed by atoms with Gasteiger partial charge in [-0.05, 0) is 6.07 Å². The minimum Gasteiger partial charge on any atom is -0.493 e. The van der Waals surface area contributed by atoms with Crippen LogP contribution >= 0.6 is 0 Å². The summed E-state index contributed by atoms with van der Waals surface area (Å²) >= 11 is 0. The van der Waals surface area contributed by atoms with E-state index in [2.05, 4.69) is 19.8 Å². The van der Waals surface area contributed by atoms with Crippen molar-refractivity contribution in [1.82, 2.24) is 14.9 Å². The summed E-state index contributed by atoms with van der Waals surface area (Å²) in [6.45, 7) is 4.56. The molecule has 7 heteroatoms. The summed E-state index contributed by atoms with van der Waals surface area (Å²) in [6, 6.07) is 3.96. The molecular formula is C18H24N4O3. The van der Waals surface area contributed by atoms with E-state index in [1.54, 1.807) is 33.7 Å². The molecule has 0 bridgehead atoms. The molecule has 2 aromatic rings. The lowest BCUT2D eigenvalue weighted by Gasteiger charge is -2.35. The second kappa shape index (κ2) is 8.02. The molecule has 1 aliphatic heterocycles. The lowest BCUT2D eigenvalue weighted by molar-refractivity contribution is 0.243. The van der Waals surface area contributed by atoms with Gasteiger partial charge < -0.3 is 19.1 Å². The maximum atomic E-state index is 5.58. The molecule has 7 nitrogen and oxygen atoms in total. The van der Waals surface area contributed by atoms with Crippen molar-refractivity contribution in [2.75, 3.05) is 52.4 Å². The molecule has 3 rings (SSSR count). The summed E-state index contributed by atoms with van der Waals surface area (Å²) < 4.78 is 16.4. The minimum atomic E-state index is 0.640. The van der Waals surface area contributed by atoms with Gasteiger partial charge in [0.1, 0.15) is 5.82 Å². The molecule has 0 spiro atoms. The van der Waals surface area contributed by atoms with Gasteiger partial charge in [-0.25, -0.2) is 4.98 Å². The number of hydrogen-bond donors (Lipinski definition) is 0. The van der Waals surface area contributed by atoms with Crippen LogP contribution in [0, 0.1) is 0 Å². The first-order valence-electron chi connectivity index (χ1n) is 8.28. The number of aromatic nitrogens is 2. The second-order valence-corrected chi connectivity index (χ2v) is 5.82. The van der Waals surface area contributed by atoms with E-state index < -0.39 is 0 Å². The monoisotopic (exact) mass is 344 g/mol. The fraction of sp³-hybridized carbons (Fsp3) is 0.444. The molecule has 2 heterocycles. The largest absolute Gasteiger partial charge is 0.493 e. The Balaban J connectivity index is 1.68. The van der Waals surface area contributed by atoms with Gasteiger partial charge >= 0.3 is 0 Å². The van der Waals surface area contributed by atoms with Crippen molar-refractivity contribution in [1.29, 1.82) is 0 Å². The average molecular weight is 344 g/mol. The summed E-state index contributed by atoms with van der Waals surface area (Å²) in [4.78, 5) is 13.2. The first-order valence-corrected chi connectivity index (χ1v) is 8.28. The van der Waals surface area contributed by atoms with Crippen molar-refractivity contribution in [3.05, 3.63) is 36.3 Å². The standard InChI is InChI=1S/C18H24N4O3/c1-23-15-5-4-14(17(24-2)18(15)25-3)13-21-8-10-22(11-9-21)16-12-19-6-7-20-16/h4-7,12H,8-11,13H2,1-3H3. The molecule has 1 fully saturated rings. The van der Waals surface area contributed by atoms with Gasteiger partial charge in [-0.15, -0.1) is 0 Å². The maximum Gasteiger partial charge on any atom is 0.203 e. The molecule has 25 heavy (non-hydrogen) atoms. The molecule has 1 aromatic heterocycles. The fourth-order valence-electron chi connectivity index (χ4n) is 3.12. The van der Waals surface area contributed by atoms with Gasteiger partial charge in [0.05, 0.1) is 27.5 Å². The summed E-state index contributed by atoms with van der Waals surface area (Å²) in [5.74, 6) is 2.99. The van der Waals surface area contributed by atoms with Gasteiger partial charge in [-0.1, -0.05) is 6.07 Å². The summed E-state index contributed by atoms with van der Waals surface area (Å²) in [5, 5.41) is 0. The van der Waals surface area contributed by atoms with Crippen molar-refractivity contribution < 1.29 is 14.2 Å². The van der Waals surface area contributed by atoms with Crippen LogP contribution in [0.4, 0.5) is 5.82 Å². The Morgan fingerprint density at radius 3 is 2.28 bits per heavy atom. The van der Waals surface area contributed by atoms with E-state index in [1.807, 2.05) is 18.3 Å². The normalized spacial score (nSPS) is 15.1. The van der Waals surface area contributed by atoms with Crippen molar-refractivity contribution in [2.45, 2.75) is 6.54 Å². The van der Waals surface area contributed by atoms with Crippen LogP contribution in [0.15, 0.2) is 30.7 Å². The number of methoxy groups -OCH3 is 3. The molecule has 0 radical (unpaired) electrons. The van der Waals surface area contributed by atoms with Gasteiger partial charge in [-0.3, -0.25) is 9.88 Å². The Morgan fingerprint density at radius 1 is 0.920 bits per heavy atom. The average Bonchev–Trinajstić information content (AvgIpc) is 2.68. The number of benzene rings is 1. The molecule has 0 amide bonds. The first kappa shape index (κ1) is 17.3. The quantitative estimate of drug-likeness (QED) is 0.792. The van der Waals surface area contributed by atoms with Crippen LogP contribution in [0.2, 0.25) is 0 Å². The van der Waals surface area contributed by atoms with Crippen LogP contribution in [0.25, 0.3) is 0 Å². The molecule has 1 saturated heterocycles. The zero-order chi connectivity index (χ0) is 17.6. The molecule has 0 unspecified atom stereocenters. The molecule has 0 atom stereocenters. The van der Waals surface area contributed by atoms with E-state index in [-0.39, 0.29) is 0 Å². The Kier molecular flexibility index (Phi) is 5.55. The van der Waals surface area contributed by atoms with Crippen LogP contribution in [-0.4, -0.2) is 62.4 Å². The van der Waals surface area contributed by atoms with Crippen LogP contribution in [0.1, 0.15) is 5.56 Å². The summed E-state index contributed by atoms with van der Waals surface area (Å²) in [7, 11) is 4.92. The molecule has 1 aliphatic rings. The molecule has 0 N–H and O–H groups in total. The Hall–Kier alpha value is -2.54. The van der Waals surface area contributed by atoms with Crippen LogP contribution in [-0.2, 0) is 6.54 Å². The predicted molar refractivity (Wildman–Crippen MR) is 95.6 cm³/mol. The topological polar surface area (TPSA) is 60.0 Å². The Morgan fingerprint density at radius 2 is 1.68 bits per heavy atom. The molecular weight excluding hydrogens is 320 g/mol. The Bertz CT molecular complexity index is 688. The second-order valence-electron chi connectivity index (χ2n) is 5.82. The van der Waals surface area contributed by atoms with E-state index in [0.717, 1.165) is 49.9 Å². The van der Waals surface area contributed by atoms with E-state index in [4.69, 9.17) is 14.2 Å². The smallest absolute Gasteiger partial charge is 0.203 e. The van der Waals surface area contributed by atoms with Crippen LogP contribution < -0.4 is 19.1 Å². The SMILES string of the molecule is COc1ccc(CN2CCN(c3cnccn3)CC2)c(OC)c1OC. The molecule has 0 aliphatic carbocycles. The van der Waals surface area contributed by atoms with Crippen molar-refractivity contribution in [3.63, 3.8) is 0 Å². The lowest BCUT2D eigenvalue weighted by atomic mass is 10.1. The van der Waals surface area contributed by atoms with Crippen molar-refractivity contribution in [2.24, 2.45) is 0 Å². The van der Waals surface area contributed by atoms with Crippen molar-refractivity contribution >= 4 is 5.82 Å². The summed E-state index contributed by atoms with van der Waals surface area (Å²) in [6.07, 6.45) is 5.24. The molecule has 1 aromatic carbocycles. The highest BCUT2D eigenvalue weighted by Crippen LogP contribution is 2.40. The number of anilines is 1. The number of hydrogen-bond acceptors (Lipinski definition) is 7. The highest BCUT2D eigenvalue weighted by Gasteiger charge is 2.21. The van der Waals surface area contributed by atoms with E-state index in [1.165, 1.54) is 0 Å². The molecule has 0 saturated carbocycles. The van der Waals surface area contributed by atoms with Gasteiger partial charge in [0.15, 0.2) is 11.5 Å². The van der Waals surface area contributed by atoms with Gasteiger partial charge in [-0.2, -0.15) is 0 Å². The zero-order valence-electron chi connectivity index (χ0n) is 14.9. The fourth-order valence-corrected chi connectivity index (χ4v) is 3.12. The molecule has 134 valence electrons. The van der Waals surface area contributed by atoms with E-state index in [9.17, 15) is 0 Å². The maximum absolute atomic E-state index is 5.58. The third kappa shape index (κ3) is 3.76. The van der Waals surface area contributed by atoms with Gasteiger partial charge in [0.25, 0.3) is 0 Å². The summed E-state index contributed by atoms with van der Waals surface area (Å²) in [5.41, 5.74) is 1.09. The number of rotatable bonds is 6. The Labute approximate surface area is 148 Å². The van der Waals surface area contributed by atoms with E-state index >= 15 is 0 Å². The van der Waals surface area contributed by atoms with Gasteiger partial charge in [0.2, 0.25) is 5.75 Å². The van der Waals surface area contributed by atoms with Crippen LogP contribution in [0.3, 0.4) is 0 Å². The van der Waals surface area contributed by atoms with Crippen LogP contribution in [0.5, 0.6) is 17.2 Å². The van der Waals surface area contributed by atoms with E-state index in [0.29, 0.717) is 11.5 Å². The minimum absolute atomic E-state index is 0.640. The highest BCUT2D eigenvalue weighted by molar-refractivity contribution is 5.55. The third-order valence-electron chi connectivity index (χ3n) is 4.43. The predicted octanol–water partition coefficient (Wildman–Crippen LogP) is 1.82. The number of nitrogens with zero attached hydrogens (tertiary/aromatic N) is 4. The number of ether oxygens (including phenoxy) is 3. The number of piperazine rings is 1.